The van der Waals surface area contributed by atoms with Gasteiger partial charge in [-0.3, -0.25) is 4.79 Å². The zero-order valence-electron chi connectivity index (χ0n) is 10.1. The van der Waals surface area contributed by atoms with E-state index in [1.54, 1.807) is 30.3 Å². The molecular formula is C12H16ClF3N2O. The van der Waals surface area contributed by atoms with E-state index < -0.39 is 31.0 Å². The van der Waals surface area contributed by atoms with Gasteiger partial charge in [-0.15, -0.1) is 12.4 Å². The van der Waals surface area contributed by atoms with Crippen molar-refractivity contribution in [1.82, 2.24) is 5.32 Å². The summed E-state index contributed by atoms with van der Waals surface area (Å²) in [7, 11) is 0. The molecule has 0 aliphatic rings. The van der Waals surface area contributed by atoms with E-state index in [0.29, 0.717) is 5.56 Å². The zero-order chi connectivity index (χ0) is 13.6. The van der Waals surface area contributed by atoms with Crippen LogP contribution in [-0.2, 0) is 4.79 Å². The minimum absolute atomic E-state index is 0. The van der Waals surface area contributed by atoms with Crippen LogP contribution in [-0.4, -0.2) is 25.2 Å². The fraction of sp³-hybridized carbons (Fsp3) is 0.417. The Hall–Kier alpha value is -1.27. The van der Waals surface area contributed by atoms with Gasteiger partial charge in [-0.05, 0) is 5.56 Å². The Morgan fingerprint density at radius 2 is 1.84 bits per heavy atom. The average Bonchev–Trinajstić information content (AvgIpc) is 2.29. The molecule has 1 amide bonds. The van der Waals surface area contributed by atoms with Crippen molar-refractivity contribution in [1.29, 1.82) is 0 Å². The van der Waals surface area contributed by atoms with Crippen LogP contribution in [0.5, 0.6) is 0 Å². The third-order valence-corrected chi connectivity index (χ3v) is 2.46. The number of nitrogens with one attached hydrogen (secondary N) is 1. The van der Waals surface area contributed by atoms with Crippen LogP contribution in [0.1, 0.15) is 17.9 Å². The average molecular weight is 297 g/mol. The number of hydrogen-bond acceptors (Lipinski definition) is 2. The Balaban J connectivity index is 0.00000324. The van der Waals surface area contributed by atoms with Crippen molar-refractivity contribution in [2.75, 3.05) is 13.1 Å². The van der Waals surface area contributed by atoms with Gasteiger partial charge in [-0.1, -0.05) is 30.3 Å². The quantitative estimate of drug-likeness (QED) is 0.875. The fourth-order valence-corrected chi connectivity index (χ4v) is 1.53. The molecule has 1 unspecified atom stereocenters. The van der Waals surface area contributed by atoms with Crippen LogP contribution >= 0.6 is 12.4 Å². The molecule has 0 bridgehead atoms. The molecule has 108 valence electrons. The maximum atomic E-state index is 11.9. The van der Waals surface area contributed by atoms with E-state index in [9.17, 15) is 18.0 Å². The molecule has 0 fully saturated rings. The summed E-state index contributed by atoms with van der Waals surface area (Å²) in [5, 5.41) is 2.25. The molecule has 1 atom stereocenters. The Kier molecular flexibility index (Phi) is 7.48. The first kappa shape index (κ1) is 17.7. The SMILES string of the molecule is Cl.NCC(C(=O)NCCC(F)(F)F)c1ccccc1. The topological polar surface area (TPSA) is 55.1 Å². The molecule has 1 rings (SSSR count). The summed E-state index contributed by atoms with van der Waals surface area (Å²) >= 11 is 0. The highest BCUT2D eigenvalue weighted by atomic mass is 35.5. The number of alkyl halides is 3. The Bertz CT molecular complexity index is 384. The first-order chi connectivity index (χ1) is 8.44. The lowest BCUT2D eigenvalue weighted by molar-refractivity contribution is -0.135. The highest BCUT2D eigenvalue weighted by Crippen LogP contribution is 2.19. The molecule has 3 nitrogen and oxygen atoms in total. The maximum absolute atomic E-state index is 11.9. The summed E-state index contributed by atoms with van der Waals surface area (Å²) in [5.74, 6) is -1.09. The van der Waals surface area contributed by atoms with Crippen molar-refractivity contribution in [3.8, 4) is 0 Å². The van der Waals surface area contributed by atoms with E-state index >= 15 is 0 Å². The smallest absolute Gasteiger partial charge is 0.355 e. The van der Waals surface area contributed by atoms with E-state index in [2.05, 4.69) is 5.32 Å². The number of carbonyl (C=O) groups excluding carboxylic acids is 1. The number of hydrogen-bond donors (Lipinski definition) is 2. The van der Waals surface area contributed by atoms with Gasteiger partial charge in [-0.25, -0.2) is 0 Å². The zero-order valence-corrected chi connectivity index (χ0v) is 10.9. The van der Waals surface area contributed by atoms with Crippen LogP contribution in [0.4, 0.5) is 13.2 Å². The number of halogens is 4. The van der Waals surface area contributed by atoms with Crippen molar-refractivity contribution in [3.63, 3.8) is 0 Å². The normalized spacial score (nSPS) is 12.4. The summed E-state index contributed by atoms with van der Waals surface area (Å²) in [4.78, 5) is 11.7. The van der Waals surface area contributed by atoms with Crippen LogP contribution in [0.3, 0.4) is 0 Å². The lowest BCUT2D eigenvalue weighted by atomic mass is 9.98. The van der Waals surface area contributed by atoms with Gasteiger partial charge in [0.05, 0.1) is 12.3 Å². The Labute approximate surface area is 115 Å². The van der Waals surface area contributed by atoms with Gasteiger partial charge in [0, 0.05) is 13.1 Å². The van der Waals surface area contributed by atoms with Crippen molar-refractivity contribution < 1.29 is 18.0 Å². The van der Waals surface area contributed by atoms with Crippen LogP contribution < -0.4 is 11.1 Å². The summed E-state index contributed by atoms with van der Waals surface area (Å²) in [6.45, 7) is -0.368. The van der Waals surface area contributed by atoms with Crippen molar-refractivity contribution >= 4 is 18.3 Å². The van der Waals surface area contributed by atoms with Crippen LogP contribution in [0.15, 0.2) is 30.3 Å². The molecule has 1 aromatic rings. The summed E-state index contributed by atoms with van der Waals surface area (Å²) in [5.41, 5.74) is 6.18. The molecule has 0 radical (unpaired) electrons. The second-order valence-electron chi connectivity index (χ2n) is 3.86. The minimum atomic E-state index is -4.27. The molecule has 0 saturated heterocycles. The highest BCUT2D eigenvalue weighted by molar-refractivity contribution is 5.85. The number of carbonyl (C=O) groups is 1. The molecule has 0 aromatic heterocycles. The van der Waals surface area contributed by atoms with Crippen molar-refractivity contribution in [3.05, 3.63) is 35.9 Å². The van der Waals surface area contributed by atoms with Gasteiger partial charge in [0.1, 0.15) is 0 Å². The monoisotopic (exact) mass is 296 g/mol. The molecule has 7 heteroatoms. The lowest BCUT2D eigenvalue weighted by Gasteiger charge is -2.15. The number of benzene rings is 1. The van der Waals surface area contributed by atoms with Crippen LogP contribution in [0.25, 0.3) is 0 Å². The summed E-state index contributed by atoms with van der Waals surface area (Å²) < 4.78 is 35.8. The first-order valence-electron chi connectivity index (χ1n) is 5.53. The molecular weight excluding hydrogens is 281 g/mol. The van der Waals surface area contributed by atoms with E-state index in [4.69, 9.17) is 5.73 Å². The van der Waals surface area contributed by atoms with Gasteiger partial charge in [0.25, 0.3) is 0 Å². The number of nitrogens with two attached hydrogens (primary N) is 1. The van der Waals surface area contributed by atoms with Gasteiger partial charge >= 0.3 is 6.18 Å². The molecule has 3 N–H and O–H groups in total. The molecule has 19 heavy (non-hydrogen) atoms. The van der Waals surface area contributed by atoms with E-state index in [1.807, 2.05) is 0 Å². The Morgan fingerprint density at radius 1 is 1.26 bits per heavy atom. The van der Waals surface area contributed by atoms with Gasteiger partial charge in [-0.2, -0.15) is 13.2 Å². The van der Waals surface area contributed by atoms with Crippen LogP contribution in [0.2, 0.25) is 0 Å². The third-order valence-electron chi connectivity index (χ3n) is 2.46. The molecule has 0 aliphatic carbocycles. The molecule has 1 aromatic carbocycles. The van der Waals surface area contributed by atoms with E-state index in [0.717, 1.165) is 0 Å². The molecule has 0 aliphatic heterocycles. The minimum Gasteiger partial charge on any atom is -0.355 e. The largest absolute Gasteiger partial charge is 0.390 e. The van der Waals surface area contributed by atoms with E-state index in [1.165, 1.54) is 0 Å². The first-order valence-corrected chi connectivity index (χ1v) is 5.53. The lowest BCUT2D eigenvalue weighted by Crippen LogP contribution is -2.35. The number of amides is 1. The number of rotatable bonds is 5. The van der Waals surface area contributed by atoms with Gasteiger partial charge in [0.15, 0.2) is 0 Å². The van der Waals surface area contributed by atoms with Crippen molar-refractivity contribution in [2.45, 2.75) is 18.5 Å². The molecule has 0 saturated carbocycles. The third kappa shape index (κ3) is 6.45. The standard InChI is InChI=1S/C12H15F3N2O.ClH/c13-12(14,15)6-7-17-11(18)10(8-16)9-4-2-1-3-5-9;/h1-5,10H,6-8,16H2,(H,17,18);1H. The van der Waals surface area contributed by atoms with Gasteiger partial charge < -0.3 is 11.1 Å². The second kappa shape index (κ2) is 8.01. The molecule has 0 heterocycles. The predicted octanol–water partition coefficient (Wildman–Crippen LogP) is 2.22. The predicted molar refractivity (Wildman–Crippen MR) is 69.2 cm³/mol. The van der Waals surface area contributed by atoms with Gasteiger partial charge in [0.2, 0.25) is 5.91 Å². The van der Waals surface area contributed by atoms with Crippen LogP contribution in [0, 0.1) is 0 Å². The van der Waals surface area contributed by atoms with Crippen molar-refractivity contribution in [2.24, 2.45) is 5.73 Å². The summed E-state index contributed by atoms with van der Waals surface area (Å²) in [6, 6.07) is 8.74. The fourth-order valence-electron chi connectivity index (χ4n) is 1.53. The molecule has 0 spiro atoms. The highest BCUT2D eigenvalue weighted by Gasteiger charge is 2.27. The Morgan fingerprint density at radius 3 is 2.32 bits per heavy atom. The van der Waals surface area contributed by atoms with E-state index in [-0.39, 0.29) is 19.0 Å². The summed E-state index contributed by atoms with van der Waals surface area (Å²) in [6.07, 6.45) is -5.30. The second-order valence-corrected chi connectivity index (χ2v) is 3.86. The maximum Gasteiger partial charge on any atom is 0.390 e.